The molecule has 1 aliphatic carbocycles. The number of imide groups is 1. The Morgan fingerprint density at radius 1 is 1.02 bits per heavy atom. The number of piperidine rings is 2. The average molecular weight is 734 g/mol. The summed E-state index contributed by atoms with van der Waals surface area (Å²) in [5.74, 6) is -0.152. The van der Waals surface area contributed by atoms with E-state index in [1.54, 1.807) is 36.1 Å². The first kappa shape index (κ1) is 35.8. The lowest BCUT2D eigenvalue weighted by atomic mass is 9.84. The summed E-state index contributed by atoms with van der Waals surface area (Å²) in [5.41, 5.74) is 3.49. The number of nitrogens with zero attached hydrogens (tertiary/aromatic N) is 7. The molecule has 1 atom stereocenters. The Balaban J connectivity index is 0.896. The number of hydrogen-bond acceptors (Lipinski definition) is 9. The number of aromatic nitrogens is 6. The molecule has 5 heterocycles. The largest absolute Gasteiger partial charge is 0.386 e. The summed E-state index contributed by atoms with van der Waals surface area (Å²) in [6, 6.07) is 10.9. The van der Waals surface area contributed by atoms with Crippen molar-refractivity contribution in [3.05, 3.63) is 82.4 Å². The van der Waals surface area contributed by atoms with Crippen molar-refractivity contribution in [1.29, 1.82) is 0 Å². The Hall–Kier alpha value is -5.21. The van der Waals surface area contributed by atoms with Crippen LogP contribution in [0, 0.1) is 5.92 Å². The molecule has 0 bridgehead atoms. The van der Waals surface area contributed by atoms with Crippen molar-refractivity contribution in [1.82, 2.24) is 39.1 Å². The highest BCUT2D eigenvalue weighted by molar-refractivity contribution is 6.04. The van der Waals surface area contributed by atoms with E-state index in [2.05, 4.69) is 42.4 Å². The van der Waals surface area contributed by atoms with E-state index in [4.69, 9.17) is 5.10 Å². The summed E-state index contributed by atoms with van der Waals surface area (Å²) in [7, 11) is 1.78. The Morgan fingerprint density at radius 2 is 1.80 bits per heavy atom. The Bertz CT molecular complexity index is 2290. The van der Waals surface area contributed by atoms with Crippen LogP contribution in [-0.4, -0.2) is 76.2 Å². The zero-order valence-electron chi connectivity index (χ0n) is 31.0. The Morgan fingerprint density at radius 3 is 2.50 bits per heavy atom. The molecule has 3 amide bonds. The van der Waals surface area contributed by atoms with E-state index in [-0.39, 0.29) is 35.7 Å². The van der Waals surface area contributed by atoms with Crippen LogP contribution < -0.4 is 16.3 Å². The van der Waals surface area contributed by atoms with Gasteiger partial charge in [-0.1, -0.05) is 12.1 Å². The number of anilines is 1. The molecule has 14 heteroatoms. The van der Waals surface area contributed by atoms with Crippen LogP contribution in [0.5, 0.6) is 0 Å². The van der Waals surface area contributed by atoms with E-state index < -0.39 is 17.6 Å². The number of para-hydroxylation sites is 1. The highest BCUT2D eigenvalue weighted by Crippen LogP contribution is 2.38. The number of aryl methyl sites for hydroxylation is 1. The standard InChI is InChI=1S/C40H47N9O5/c1-40(2,54)29-20-31-26(19-32(29)43-37(51)30-13-16-41-23-42-30)22-48(45-31)27-9-7-24(8-10-27)21-47-17-14-25(15-18-47)28-5-4-6-33-36(28)46(3)39(53)49(33)34-11-12-35(50)44-38(34)52/h4-6,13,16,19-20,22-25,27,34,54H,7-12,14-15,17-18,21H2,1-3H3,(H,43,51)(H,44,50,52). The maximum atomic E-state index is 13.4. The van der Waals surface area contributed by atoms with Gasteiger partial charge < -0.3 is 15.3 Å². The molecule has 14 nitrogen and oxygen atoms in total. The first-order valence-corrected chi connectivity index (χ1v) is 19.0. The van der Waals surface area contributed by atoms with Gasteiger partial charge in [0, 0.05) is 49.0 Å². The van der Waals surface area contributed by atoms with Gasteiger partial charge in [0.25, 0.3) is 5.91 Å². The van der Waals surface area contributed by atoms with Gasteiger partial charge in [-0.2, -0.15) is 5.10 Å². The number of rotatable bonds is 8. The van der Waals surface area contributed by atoms with E-state index in [1.807, 2.05) is 24.3 Å². The molecule has 1 unspecified atom stereocenters. The second kappa shape index (κ2) is 14.2. The number of nitrogens with one attached hydrogen (secondary N) is 2. The molecule has 2 saturated heterocycles. The van der Waals surface area contributed by atoms with E-state index in [9.17, 15) is 24.3 Å². The van der Waals surface area contributed by atoms with Gasteiger partial charge in [0.15, 0.2) is 0 Å². The van der Waals surface area contributed by atoms with Gasteiger partial charge in [-0.15, -0.1) is 0 Å². The van der Waals surface area contributed by atoms with Crippen molar-refractivity contribution in [2.24, 2.45) is 13.0 Å². The number of likely N-dealkylation sites (tertiary alicyclic amines) is 1. The van der Waals surface area contributed by atoms with Gasteiger partial charge >= 0.3 is 5.69 Å². The van der Waals surface area contributed by atoms with Crippen molar-refractivity contribution in [3.8, 4) is 0 Å². The average Bonchev–Trinajstić information content (AvgIpc) is 3.69. The molecule has 282 valence electrons. The molecule has 3 fully saturated rings. The molecule has 3 N–H and O–H groups in total. The third-order valence-electron chi connectivity index (χ3n) is 11.8. The highest BCUT2D eigenvalue weighted by Gasteiger charge is 2.33. The number of amides is 3. The van der Waals surface area contributed by atoms with Gasteiger partial charge in [0.2, 0.25) is 11.8 Å². The van der Waals surface area contributed by atoms with Gasteiger partial charge in [-0.25, -0.2) is 14.8 Å². The first-order chi connectivity index (χ1) is 25.9. The van der Waals surface area contributed by atoms with E-state index >= 15 is 0 Å². The van der Waals surface area contributed by atoms with E-state index in [1.165, 1.54) is 12.5 Å². The van der Waals surface area contributed by atoms with E-state index in [0.29, 0.717) is 29.5 Å². The van der Waals surface area contributed by atoms with Crippen molar-refractivity contribution >= 4 is 45.3 Å². The number of carbonyl (C=O) groups excluding carboxylic acids is 3. The maximum absolute atomic E-state index is 13.4. The molecule has 3 aromatic heterocycles. The van der Waals surface area contributed by atoms with Gasteiger partial charge in [-0.05, 0) is 114 Å². The lowest BCUT2D eigenvalue weighted by Gasteiger charge is -2.37. The van der Waals surface area contributed by atoms with Crippen LogP contribution in [0.25, 0.3) is 21.9 Å². The number of hydrogen-bond donors (Lipinski definition) is 3. The molecule has 1 saturated carbocycles. The fraction of sp³-hybridized carbons (Fsp3) is 0.475. The zero-order chi connectivity index (χ0) is 37.7. The number of benzene rings is 2. The molecule has 54 heavy (non-hydrogen) atoms. The Kier molecular flexibility index (Phi) is 9.42. The Labute approximate surface area is 312 Å². The fourth-order valence-corrected chi connectivity index (χ4v) is 8.91. The lowest BCUT2D eigenvalue weighted by molar-refractivity contribution is -0.135. The highest BCUT2D eigenvalue weighted by atomic mass is 16.3. The minimum absolute atomic E-state index is 0.222. The van der Waals surface area contributed by atoms with Gasteiger partial charge in [-0.3, -0.25) is 33.5 Å². The van der Waals surface area contributed by atoms with Crippen LogP contribution in [0.4, 0.5) is 5.69 Å². The van der Waals surface area contributed by atoms with Crippen molar-refractivity contribution < 1.29 is 19.5 Å². The number of fused-ring (bicyclic) bond motifs is 2. The van der Waals surface area contributed by atoms with Crippen LogP contribution in [0.3, 0.4) is 0 Å². The smallest absolute Gasteiger partial charge is 0.329 e. The summed E-state index contributed by atoms with van der Waals surface area (Å²) < 4.78 is 5.32. The summed E-state index contributed by atoms with van der Waals surface area (Å²) in [6.07, 6.45) is 11.7. The molecule has 0 spiro atoms. The van der Waals surface area contributed by atoms with Gasteiger partial charge in [0.1, 0.15) is 18.1 Å². The second-order valence-corrected chi connectivity index (χ2v) is 15.8. The monoisotopic (exact) mass is 733 g/mol. The van der Waals surface area contributed by atoms with Gasteiger partial charge in [0.05, 0.1) is 28.2 Å². The van der Waals surface area contributed by atoms with Crippen LogP contribution in [0.1, 0.15) is 105 Å². The number of imidazole rings is 1. The molecular formula is C40H47N9O5. The van der Waals surface area contributed by atoms with Crippen LogP contribution in [-0.2, 0) is 22.2 Å². The third-order valence-corrected chi connectivity index (χ3v) is 11.8. The van der Waals surface area contributed by atoms with Crippen LogP contribution >= 0.6 is 0 Å². The van der Waals surface area contributed by atoms with Crippen molar-refractivity contribution in [2.75, 3.05) is 25.0 Å². The predicted molar refractivity (Wildman–Crippen MR) is 203 cm³/mol. The molecule has 5 aromatic rings. The molecule has 8 rings (SSSR count). The second-order valence-electron chi connectivity index (χ2n) is 15.8. The van der Waals surface area contributed by atoms with Crippen LogP contribution in [0.2, 0.25) is 0 Å². The van der Waals surface area contributed by atoms with Crippen molar-refractivity contribution in [3.63, 3.8) is 0 Å². The maximum Gasteiger partial charge on any atom is 0.329 e. The lowest BCUT2D eigenvalue weighted by Crippen LogP contribution is -2.44. The molecule has 2 aromatic carbocycles. The zero-order valence-corrected chi connectivity index (χ0v) is 31.0. The number of carbonyl (C=O) groups is 3. The number of aliphatic hydroxyl groups is 1. The summed E-state index contributed by atoms with van der Waals surface area (Å²) >= 11 is 0. The minimum atomic E-state index is -1.20. The summed E-state index contributed by atoms with van der Waals surface area (Å²) in [6.45, 7) is 6.45. The molecule has 0 radical (unpaired) electrons. The fourth-order valence-electron chi connectivity index (χ4n) is 8.91. The molecule has 2 aliphatic heterocycles. The quantitative estimate of drug-likeness (QED) is 0.194. The summed E-state index contributed by atoms with van der Waals surface area (Å²) in [4.78, 5) is 61.4. The first-order valence-electron chi connectivity index (χ1n) is 19.0. The predicted octanol–water partition coefficient (Wildman–Crippen LogP) is 4.55. The minimum Gasteiger partial charge on any atom is -0.386 e. The topological polar surface area (TPSA) is 169 Å². The third kappa shape index (κ3) is 6.84. The van der Waals surface area contributed by atoms with Crippen molar-refractivity contribution in [2.45, 2.75) is 88.8 Å². The molecular weight excluding hydrogens is 686 g/mol. The SMILES string of the molecule is Cn1c(=O)n(C2CCC(=O)NC2=O)c2cccc(C3CCN(CC4CCC(n5cc6cc(NC(=O)c7ccncn7)c(C(C)(C)O)cc6n5)CC4)CC3)c21. The summed E-state index contributed by atoms with van der Waals surface area (Å²) in [5, 5.41) is 22.1. The van der Waals surface area contributed by atoms with Crippen LogP contribution in [0.15, 0.2) is 59.9 Å². The molecule has 3 aliphatic rings. The normalized spacial score (nSPS) is 21.8. The van der Waals surface area contributed by atoms with E-state index in [0.717, 1.165) is 85.7 Å².